The van der Waals surface area contributed by atoms with Gasteiger partial charge in [-0.2, -0.15) is 0 Å². The summed E-state index contributed by atoms with van der Waals surface area (Å²) in [5, 5.41) is 0. The number of rotatable bonds is 0. The van der Waals surface area contributed by atoms with Gasteiger partial charge in [-0.15, -0.1) is 0 Å². The first-order chi connectivity index (χ1) is 5.29. The molecule has 0 saturated heterocycles. The van der Waals surface area contributed by atoms with Gasteiger partial charge in [0.1, 0.15) is 5.69 Å². The van der Waals surface area contributed by atoms with Crippen molar-refractivity contribution in [3.63, 3.8) is 0 Å². The van der Waals surface area contributed by atoms with Crippen molar-refractivity contribution in [3.05, 3.63) is 41.7 Å². The molecule has 0 bridgehead atoms. The van der Waals surface area contributed by atoms with Gasteiger partial charge in [-0.25, -0.2) is 0 Å². The highest BCUT2D eigenvalue weighted by molar-refractivity contribution is 6.11. The highest BCUT2D eigenvalue weighted by atomic mass is 16.1. The third-order valence-electron chi connectivity index (χ3n) is 1.83. The number of ketones is 1. The average molecular weight is 145 g/mol. The Morgan fingerprint density at radius 1 is 1.55 bits per heavy atom. The highest BCUT2D eigenvalue weighted by Gasteiger charge is 2.23. The van der Waals surface area contributed by atoms with Crippen LogP contribution in [0.5, 0.6) is 0 Å². The van der Waals surface area contributed by atoms with E-state index in [1.54, 1.807) is 6.20 Å². The fourth-order valence-electron chi connectivity index (χ4n) is 1.26. The van der Waals surface area contributed by atoms with Crippen LogP contribution in [0.25, 0.3) is 0 Å². The standard InChI is InChI=1S/C9H7NO/c1-6-5-7-3-2-4-10-8(7)9(6)11/h2-4H,1,5H2. The van der Waals surface area contributed by atoms with Crippen molar-refractivity contribution >= 4 is 5.78 Å². The van der Waals surface area contributed by atoms with Gasteiger partial charge in [0.2, 0.25) is 5.78 Å². The van der Waals surface area contributed by atoms with Gasteiger partial charge in [0, 0.05) is 12.6 Å². The molecule has 1 aromatic heterocycles. The molecule has 0 atom stereocenters. The van der Waals surface area contributed by atoms with E-state index in [2.05, 4.69) is 11.6 Å². The Morgan fingerprint density at radius 2 is 2.36 bits per heavy atom. The zero-order valence-corrected chi connectivity index (χ0v) is 6.00. The summed E-state index contributed by atoms with van der Waals surface area (Å²) < 4.78 is 0. The summed E-state index contributed by atoms with van der Waals surface area (Å²) in [5.41, 5.74) is 2.23. The number of nitrogens with zero attached hydrogens (tertiary/aromatic N) is 1. The van der Waals surface area contributed by atoms with Crippen LogP contribution in [0.1, 0.15) is 16.1 Å². The first kappa shape index (κ1) is 6.28. The molecular formula is C9H7NO. The lowest BCUT2D eigenvalue weighted by atomic mass is 10.2. The molecule has 11 heavy (non-hydrogen) atoms. The first-order valence-electron chi connectivity index (χ1n) is 3.45. The van der Waals surface area contributed by atoms with Gasteiger partial charge < -0.3 is 0 Å². The number of allylic oxidation sites excluding steroid dienone is 1. The zero-order chi connectivity index (χ0) is 7.84. The maximum atomic E-state index is 11.2. The van der Waals surface area contributed by atoms with Crippen molar-refractivity contribution in [3.8, 4) is 0 Å². The summed E-state index contributed by atoms with van der Waals surface area (Å²) in [6.07, 6.45) is 2.30. The van der Waals surface area contributed by atoms with Gasteiger partial charge in [0.05, 0.1) is 0 Å². The molecule has 1 aromatic rings. The van der Waals surface area contributed by atoms with Crippen molar-refractivity contribution in [2.75, 3.05) is 0 Å². The topological polar surface area (TPSA) is 30.0 Å². The first-order valence-corrected chi connectivity index (χ1v) is 3.45. The number of pyridine rings is 1. The lowest BCUT2D eigenvalue weighted by Gasteiger charge is -1.90. The summed E-state index contributed by atoms with van der Waals surface area (Å²) in [5.74, 6) is 0.000556. The largest absolute Gasteiger partial charge is 0.287 e. The van der Waals surface area contributed by atoms with E-state index in [1.807, 2.05) is 12.1 Å². The summed E-state index contributed by atoms with van der Waals surface area (Å²) in [4.78, 5) is 15.2. The lowest BCUT2D eigenvalue weighted by Crippen LogP contribution is -1.95. The van der Waals surface area contributed by atoms with E-state index in [4.69, 9.17) is 0 Å². The molecule has 0 N–H and O–H groups in total. The van der Waals surface area contributed by atoms with Gasteiger partial charge in [-0.05, 0) is 17.2 Å². The number of carbonyl (C=O) groups is 1. The van der Waals surface area contributed by atoms with E-state index in [9.17, 15) is 4.79 Å². The van der Waals surface area contributed by atoms with E-state index in [0.717, 1.165) is 5.56 Å². The Labute approximate surface area is 64.6 Å². The molecule has 0 saturated carbocycles. The number of Topliss-reactive ketones (excluding diaryl/α,β-unsaturated/α-hetero) is 1. The van der Waals surface area contributed by atoms with Gasteiger partial charge in [0.15, 0.2) is 0 Å². The van der Waals surface area contributed by atoms with Crippen LogP contribution >= 0.6 is 0 Å². The van der Waals surface area contributed by atoms with Crippen LogP contribution in [-0.2, 0) is 6.42 Å². The Balaban J connectivity index is 2.64. The molecule has 2 heteroatoms. The van der Waals surface area contributed by atoms with E-state index in [0.29, 0.717) is 17.7 Å². The predicted molar refractivity (Wildman–Crippen MR) is 41.4 cm³/mol. The van der Waals surface area contributed by atoms with Crippen LogP contribution < -0.4 is 0 Å². The van der Waals surface area contributed by atoms with Crippen molar-refractivity contribution in [1.82, 2.24) is 4.98 Å². The van der Waals surface area contributed by atoms with E-state index in [1.165, 1.54) is 0 Å². The van der Waals surface area contributed by atoms with Crippen molar-refractivity contribution in [1.29, 1.82) is 0 Å². The molecule has 0 spiro atoms. The van der Waals surface area contributed by atoms with Crippen LogP contribution in [0.15, 0.2) is 30.5 Å². The quantitative estimate of drug-likeness (QED) is 0.516. The van der Waals surface area contributed by atoms with Gasteiger partial charge >= 0.3 is 0 Å². The monoisotopic (exact) mass is 145 g/mol. The second kappa shape index (κ2) is 2.02. The summed E-state index contributed by atoms with van der Waals surface area (Å²) >= 11 is 0. The Kier molecular flexibility index (Phi) is 1.15. The maximum Gasteiger partial charge on any atom is 0.207 e. The molecule has 1 heterocycles. The van der Waals surface area contributed by atoms with Gasteiger partial charge in [0.25, 0.3) is 0 Å². The number of fused-ring (bicyclic) bond motifs is 1. The molecule has 0 unspecified atom stereocenters. The van der Waals surface area contributed by atoms with Crippen molar-refractivity contribution < 1.29 is 4.79 Å². The molecule has 2 nitrogen and oxygen atoms in total. The maximum absolute atomic E-state index is 11.2. The second-order valence-electron chi connectivity index (χ2n) is 2.62. The van der Waals surface area contributed by atoms with E-state index < -0.39 is 0 Å². The number of hydrogen-bond acceptors (Lipinski definition) is 2. The molecule has 0 aliphatic heterocycles. The van der Waals surface area contributed by atoms with Crippen molar-refractivity contribution in [2.45, 2.75) is 6.42 Å². The minimum atomic E-state index is 0.000556. The molecule has 0 radical (unpaired) electrons. The van der Waals surface area contributed by atoms with Crippen LogP contribution in [-0.4, -0.2) is 10.8 Å². The summed E-state index contributed by atoms with van der Waals surface area (Å²) in [6, 6.07) is 3.75. The Bertz CT molecular complexity index is 341. The Morgan fingerprint density at radius 3 is 3.09 bits per heavy atom. The van der Waals surface area contributed by atoms with Crippen LogP contribution in [0.4, 0.5) is 0 Å². The van der Waals surface area contributed by atoms with Gasteiger partial charge in [-0.1, -0.05) is 12.6 Å². The molecule has 54 valence electrons. The molecular weight excluding hydrogens is 138 g/mol. The SMILES string of the molecule is C=C1Cc2cccnc2C1=O. The number of hydrogen-bond donors (Lipinski definition) is 0. The molecule has 1 aliphatic rings. The van der Waals surface area contributed by atoms with E-state index in [-0.39, 0.29) is 5.78 Å². The average Bonchev–Trinajstić information content (AvgIpc) is 2.30. The smallest absolute Gasteiger partial charge is 0.207 e. The summed E-state index contributed by atoms with van der Waals surface area (Å²) in [7, 11) is 0. The third-order valence-corrected chi connectivity index (χ3v) is 1.83. The summed E-state index contributed by atoms with van der Waals surface area (Å²) in [6.45, 7) is 3.66. The molecule has 0 amide bonds. The lowest BCUT2D eigenvalue weighted by molar-refractivity contribution is 0.103. The zero-order valence-electron chi connectivity index (χ0n) is 6.00. The fraction of sp³-hybridized carbons (Fsp3) is 0.111. The normalized spacial score (nSPS) is 15.3. The molecule has 1 aliphatic carbocycles. The van der Waals surface area contributed by atoms with Crippen LogP contribution in [0, 0.1) is 0 Å². The fourth-order valence-corrected chi connectivity index (χ4v) is 1.26. The molecule has 0 fully saturated rings. The molecule has 0 aromatic carbocycles. The third kappa shape index (κ3) is 0.792. The Hall–Kier alpha value is -1.44. The van der Waals surface area contributed by atoms with Crippen LogP contribution in [0.3, 0.4) is 0 Å². The molecule has 2 rings (SSSR count). The number of aromatic nitrogens is 1. The minimum absolute atomic E-state index is 0.000556. The van der Waals surface area contributed by atoms with Crippen molar-refractivity contribution in [2.24, 2.45) is 0 Å². The van der Waals surface area contributed by atoms with E-state index >= 15 is 0 Å². The highest BCUT2D eigenvalue weighted by Crippen LogP contribution is 2.21. The van der Waals surface area contributed by atoms with Crippen LogP contribution in [0.2, 0.25) is 0 Å². The number of carbonyl (C=O) groups excluding carboxylic acids is 1. The predicted octanol–water partition coefficient (Wildman–Crippen LogP) is 1.38. The second-order valence-corrected chi connectivity index (χ2v) is 2.62. The van der Waals surface area contributed by atoms with Gasteiger partial charge in [-0.3, -0.25) is 9.78 Å². The minimum Gasteiger partial charge on any atom is -0.287 e.